The highest BCUT2D eigenvalue weighted by atomic mass is 16.5. The number of ether oxygens (including phenoxy) is 1. The van der Waals surface area contributed by atoms with Crippen LogP contribution in [0.25, 0.3) is 0 Å². The van der Waals surface area contributed by atoms with Crippen LogP contribution in [0.3, 0.4) is 0 Å². The molecule has 0 aliphatic heterocycles. The predicted octanol–water partition coefficient (Wildman–Crippen LogP) is 2.35. The molecule has 0 aromatic heterocycles. The van der Waals surface area contributed by atoms with Crippen LogP contribution in [-0.4, -0.2) is 44.5 Å². The summed E-state index contributed by atoms with van der Waals surface area (Å²) in [7, 11) is 3.83. The number of ketones is 1. The minimum absolute atomic E-state index is 0.101. The largest absolute Gasteiger partial charge is 0.385 e. The summed E-state index contributed by atoms with van der Waals surface area (Å²) in [5, 5.41) is 0. The van der Waals surface area contributed by atoms with Crippen molar-refractivity contribution in [1.29, 1.82) is 0 Å². The van der Waals surface area contributed by atoms with Crippen molar-refractivity contribution in [2.45, 2.75) is 39.5 Å². The first-order valence-corrected chi connectivity index (χ1v) is 6.69. The Morgan fingerprint density at radius 3 is 2.82 bits per heavy atom. The average molecular weight is 241 g/mol. The van der Waals surface area contributed by atoms with E-state index in [2.05, 4.69) is 25.8 Å². The van der Waals surface area contributed by atoms with Gasteiger partial charge in [-0.25, -0.2) is 0 Å². The molecule has 0 N–H and O–H groups in total. The number of hydrogen-bond donors (Lipinski definition) is 0. The number of carbonyl (C=O) groups excluding carboxylic acids is 1. The summed E-state index contributed by atoms with van der Waals surface area (Å²) in [5.74, 6) is 0.702. The Labute approximate surface area is 106 Å². The Bertz CT molecular complexity index is 251. The Kier molecular flexibility index (Phi) is 5.60. The lowest BCUT2D eigenvalue weighted by Crippen LogP contribution is -2.41. The Morgan fingerprint density at radius 1 is 1.47 bits per heavy atom. The smallest absolute Gasteiger partial charge is 0.142 e. The van der Waals surface area contributed by atoms with E-state index < -0.39 is 0 Å². The SMILES string of the molecule is COCCCN(C)CC1CCCC(C)(C)C1=O. The van der Waals surface area contributed by atoms with Gasteiger partial charge in [-0.3, -0.25) is 4.79 Å². The average Bonchev–Trinajstić information content (AvgIpc) is 2.25. The Morgan fingerprint density at radius 2 is 2.18 bits per heavy atom. The molecule has 0 aromatic rings. The first kappa shape index (κ1) is 14.7. The van der Waals surface area contributed by atoms with Crippen molar-refractivity contribution in [3.8, 4) is 0 Å². The molecule has 0 aromatic carbocycles. The fourth-order valence-electron chi connectivity index (χ4n) is 2.72. The number of hydrogen-bond acceptors (Lipinski definition) is 3. The number of rotatable bonds is 6. The van der Waals surface area contributed by atoms with Crippen LogP contribution in [0.4, 0.5) is 0 Å². The van der Waals surface area contributed by atoms with E-state index >= 15 is 0 Å². The zero-order valence-corrected chi connectivity index (χ0v) is 11.8. The summed E-state index contributed by atoms with van der Waals surface area (Å²) in [5.41, 5.74) is -0.101. The summed E-state index contributed by atoms with van der Waals surface area (Å²) < 4.78 is 5.04. The number of nitrogens with zero attached hydrogens (tertiary/aromatic N) is 1. The second-order valence-electron chi connectivity index (χ2n) is 5.95. The van der Waals surface area contributed by atoms with Gasteiger partial charge in [-0.2, -0.15) is 0 Å². The van der Waals surface area contributed by atoms with Crippen molar-refractivity contribution >= 4 is 5.78 Å². The van der Waals surface area contributed by atoms with E-state index in [1.807, 2.05) is 0 Å². The molecule has 0 heterocycles. The standard InChI is InChI=1S/C14H27NO2/c1-14(2)8-5-7-12(13(14)16)11-15(3)9-6-10-17-4/h12H,5-11H2,1-4H3. The molecule has 3 nitrogen and oxygen atoms in total. The summed E-state index contributed by atoms with van der Waals surface area (Å²) >= 11 is 0. The van der Waals surface area contributed by atoms with Gasteiger partial charge in [-0.1, -0.05) is 20.3 Å². The first-order valence-electron chi connectivity index (χ1n) is 6.69. The van der Waals surface area contributed by atoms with Gasteiger partial charge in [0.25, 0.3) is 0 Å². The molecule has 17 heavy (non-hydrogen) atoms. The van der Waals surface area contributed by atoms with Crippen molar-refractivity contribution in [1.82, 2.24) is 4.90 Å². The Balaban J connectivity index is 2.37. The van der Waals surface area contributed by atoms with Crippen molar-refractivity contribution in [2.24, 2.45) is 11.3 Å². The molecular formula is C14H27NO2. The van der Waals surface area contributed by atoms with E-state index in [-0.39, 0.29) is 11.3 Å². The van der Waals surface area contributed by atoms with Gasteiger partial charge in [0.15, 0.2) is 0 Å². The van der Waals surface area contributed by atoms with Crippen LogP contribution in [0, 0.1) is 11.3 Å². The van der Waals surface area contributed by atoms with Crippen molar-refractivity contribution < 1.29 is 9.53 Å². The van der Waals surface area contributed by atoms with Crippen LogP contribution in [-0.2, 0) is 9.53 Å². The number of Topliss-reactive ketones (excluding diaryl/α,β-unsaturated/α-hetero) is 1. The van der Waals surface area contributed by atoms with E-state index in [1.165, 1.54) is 6.42 Å². The number of carbonyl (C=O) groups is 1. The van der Waals surface area contributed by atoms with E-state index in [4.69, 9.17) is 4.74 Å². The van der Waals surface area contributed by atoms with Crippen LogP contribution < -0.4 is 0 Å². The second-order valence-corrected chi connectivity index (χ2v) is 5.95. The van der Waals surface area contributed by atoms with Gasteiger partial charge in [0.2, 0.25) is 0 Å². The van der Waals surface area contributed by atoms with Gasteiger partial charge >= 0.3 is 0 Å². The van der Waals surface area contributed by atoms with Gasteiger partial charge in [0, 0.05) is 38.1 Å². The maximum atomic E-state index is 12.3. The molecule has 0 bridgehead atoms. The molecule has 0 spiro atoms. The molecule has 1 rings (SSSR count). The molecule has 0 amide bonds. The van der Waals surface area contributed by atoms with E-state index in [0.29, 0.717) is 5.78 Å². The third-order valence-electron chi connectivity index (χ3n) is 3.81. The van der Waals surface area contributed by atoms with Gasteiger partial charge in [-0.05, 0) is 26.3 Å². The highest BCUT2D eigenvalue weighted by Gasteiger charge is 2.37. The third-order valence-corrected chi connectivity index (χ3v) is 3.81. The zero-order chi connectivity index (χ0) is 12.9. The molecule has 1 saturated carbocycles. The molecule has 0 saturated heterocycles. The summed E-state index contributed by atoms with van der Waals surface area (Å²) in [4.78, 5) is 14.5. The molecule has 3 heteroatoms. The lowest BCUT2D eigenvalue weighted by atomic mass is 9.71. The summed E-state index contributed by atoms with van der Waals surface area (Å²) in [6.07, 6.45) is 4.35. The van der Waals surface area contributed by atoms with Crippen molar-refractivity contribution in [2.75, 3.05) is 33.9 Å². The van der Waals surface area contributed by atoms with Gasteiger partial charge in [-0.15, -0.1) is 0 Å². The third kappa shape index (κ3) is 4.40. The normalized spacial score (nSPS) is 24.3. The van der Waals surface area contributed by atoms with E-state index in [9.17, 15) is 4.79 Å². The molecule has 1 atom stereocenters. The minimum Gasteiger partial charge on any atom is -0.385 e. The molecule has 1 fully saturated rings. The lowest BCUT2D eigenvalue weighted by Gasteiger charge is -2.35. The van der Waals surface area contributed by atoms with Crippen molar-refractivity contribution in [3.63, 3.8) is 0 Å². The highest BCUT2D eigenvalue weighted by Crippen LogP contribution is 2.35. The summed E-state index contributed by atoms with van der Waals surface area (Å²) in [6, 6.07) is 0. The minimum atomic E-state index is -0.101. The van der Waals surface area contributed by atoms with Crippen LogP contribution in [0.2, 0.25) is 0 Å². The quantitative estimate of drug-likeness (QED) is 0.669. The number of methoxy groups -OCH3 is 1. The molecule has 0 radical (unpaired) electrons. The second kappa shape index (κ2) is 6.50. The fraction of sp³-hybridized carbons (Fsp3) is 0.929. The fourth-order valence-corrected chi connectivity index (χ4v) is 2.72. The highest BCUT2D eigenvalue weighted by molar-refractivity contribution is 5.87. The van der Waals surface area contributed by atoms with Crippen molar-refractivity contribution in [3.05, 3.63) is 0 Å². The molecule has 1 aliphatic rings. The van der Waals surface area contributed by atoms with Gasteiger partial charge in [0.05, 0.1) is 0 Å². The van der Waals surface area contributed by atoms with Crippen LogP contribution >= 0.6 is 0 Å². The van der Waals surface area contributed by atoms with Crippen LogP contribution in [0.15, 0.2) is 0 Å². The van der Waals surface area contributed by atoms with E-state index in [0.717, 1.165) is 39.0 Å². The summed E-state index contributed by atoms with van der Waals surface area (Å²) in [6.45, 7) is 6.90. The lowest BCUT2D eigenvalue weighted by molar-refractivity contribution is -0.134. The predicted molar refractivity (Wildman–Crippen MR) is 70.1 cm³/mol. The van der Waals surface area contributed by atoms with Crippen LogP contribution in [0.5, 0.6) is 0 Å². The monoisotopic (exact) mass is 241 g/mol. The molecular weight excluding hydrogens is 214 g/mol. The molecule has 1 aliphatic carbocycles. The maximum Gasteiger partial charge on any atom is 0.142 e. The Hall–Kier alpha value is -0.410. The first-order chi connectivity index (χ1) is 7.97. The van der Waals surface area contributed by atoms with E-state index in [1.54, 1.807) is 7.11 Å². The van der Waals surface area contributed by atoms with Crippen LogP contribution in [0.1, 0.15) is 39.5 Å². The maximum absolute atomic E-state index is 12.3. The topological polar surface area (TPSA) is 29.5 Å². The molecule has 100 valence electrons. The van der Waals surface area contributed by atoms with Gasteiger partial charge < -0.3 is 9.64 Å². The molecule has 1 unspecified atom stereocenters. The van der Waals surface area contributed by atoms with Gasteiger partial charge in [0.1, 0.15) is 5.78 Å². The zero-order valence-electron chi connectivity index (χ0n) is 11.8.